The zero-order chi connectivity index (χ0) is 13.7. The summed E-state index contributed by atoms with van der Waals surface area (Å²) in [6, 6.07) is 2.70. The number of hydrogen-bond donors (Lipinski definition) is 1. The van der Waals surface area contributed by atoms with Crippen LogP contribution in [0.15, 0.2) is 17.8 Å². The Kier molecular flexibility index (Phi) is 5.10. The Morgan fingerprint density at radius 2 is 2.16 bits per heavy atom. The van der Waals surface area contributed by atoms with E-state index in [9.17, 15) is 0 Å². The van der Waals surface area contributed by atoms with Gasteiger partial charge in [-0.05, 0) is 51.7 Å². The normalized spacial score (nSPS) is 11.6. The molecule has 0 atom stereocenters. The molecule has 0 aliphatic heterocycles. The van der Waals surface area contributed by atoms with Gasteiger partial charge in [-0.25, -0.2) is 9.97 Å². The lowest BCUT2D eigenvalue weighted by molar-refractivity contribution is 0.269. The Balaban J connectivity index is 1.76. The average Bonchev–Trinajstić information content (AvgIpc) is 2.87. The monoisotopic (exact) mass is 278 g/mol. The molecule has 5 heteroatoms. The molecule has 0 saturated carbocycles. The summed E-state index contributed by atoms with van der Waals surface area (Å²) < 4.78 is 0. The molecule has 0 fully saturated rings. The average molecular weight is 278 g/mol. The van der Waals surface area contributed by atoms with Crippen molar-refractivity contribution in [3.8, 4) is 0 Å². The first-order chi connectivity index (χ1) is 9.18. The van der Waals surface area contributed by atoms with Crippen LogP contribution in [0.5, 0.6) is 0 Å². The third-order valence-electron chi connectivity index (χ3n) is 3.37. The number of rotatable bonds is 7. The topological polar surface area (TPSA) is 41.0 Å². The zero-order valence-electron chi connectivity index (χ0n) is 11.9. The standard InChI is InChI=1S/C14H22N4S/c1-11(2)18(3)8-5-4-7-15-13-12-6-9-19-14(12)17-10-16-13/h6,9-11H,4-5,7-8H2,1-3H3,(H,15,16,17). The Bertz CT molecular complexity index is 509. The van der Waals surface area contributed by atoms with Crippen LogP contribution in [0.25, 0.3) is 10.2 Å². The van der Waals surface area contributed by atoms with Crippen LogP contribution in [-0.2, 0) is 0 Å². The molecule has 1 N–H and O–H groups in total. The summed E-state index contributed by atoms with van der Waals surface area (Å²) >= 11 is 1.65. The second kappa shape index (κ2) is 6.82. The summed E-state index contributed by atoms with van der Waals surface area (Å²) in [7, 11) is 2.18. The molecule has 2 rings (SSSR count). The lowest BCUT2D eigenvalue weighted by Gasteiger charge is -2.20. The highest BCUT2D eigenvalue weighted by atomic mass is 32.1. The fourth-order valence-corrected chi connectivity index (χ4v) is 2.61. The SMILES string of the molecule is CC(C)N(C)CCCCNc1ncnc2sccc12. The van der Waals surface area contributed by atoms with E-state index >= 15 is 0 Å². The number of thiophene rings is 1. The first kappa shape index (κ1) is 14.2. The smallest absolute Gasteiger partial charge is 0.138 e. The van der Waals surface area contributed by atoms with Gasteiger partial charge in [0.2, 0.25) is 0 Å². The van der Waals surface area contributed by atoms with Gasteiger partial charge in [-0.3, -0.25) is 0 Å². The second-order valence-corrected chi connectivity index (χ2v) is 5.96. The molecule has 0 spiro atoms. The Hall–Kier alpha value is -1.20. The van der Waals surface area contributed by atoms with Gasteiger partial charge in [0.05, 0.1) is 5.39 Å². The largest absolute Gasteiger partial charge is 0.369 e. The van der Waals surface area contributed by atoms with Crippen molar-refractivity contribution in [3.63, 3.8) is 0 Å². The van der Waals surface area contributed by atoms with Gasteiger partial charge in [0.1, 0.15) is 17.0 Å². The number of aromatic nitrogens is 2. The van der Waals surface area contributed by atoms with E-state index in [-0.39, 0.29) is 0 Å². The summed E-state index contributed by atoms with van der Waals surface area (Å²) in [6.07, 6.45) is 4.00. The van der Waals surface area contributed by atoms with Crippen molar-refractivity contribution in [3.05, 3.63) is 17.8 Å². The minimum Gasteiger partial charge on any atom is -0.369 e. The first-order valence-corrected chi connectivity index (χ1v) is 7.68. The maximum Gasteiger partial charge on any atom is 0.138 e. The second-order valence-electron chi connectivity index (χ2n) is 5.07. The van der Waals surface area contributed by atoms with Crippen molar-refractivity contribution in [1.82, 2.24) is 14.9 Å². The minimum atomic E-state index is 0.625. The molecule has 0 amide bonds. The summed E-state index contributed by atoms with van der Waals surface area (Å²) in [6.45, 7) is 6.57. The van der Waals surface area contributed by atoms with E-state index in [2.05, 4.69) is 52.5 Å². The summed E-state index contributed by atoms with van der Waals surface area (Å²) in [5.74, 6) is 0.962. The fraction of sp³-hybridized carbons (Fsp3) is 0.571. The molecule has 0 aromatic carbocycles. The number of hydrogen-bond acceptors (Lipinski definition) is 5. The van der Waals surface area contributed by atoms with Crippen LogP contribution in [0.2, 0.25) is 0 Å². The molecule has 104 valence electrons. The van der Waals surface area contributed by atoms with Crippen molar-refractivity contribution < 1.29 is 0 Å². The molecule has 2 aromatic heterocycles. The molecule has 2 aromatic rings. The molecular weight excluding hydrogens is 256 g/mol. The van der Waals surface area contributed by atoms with Crippen molar-refractivity contribution in [1.29, 1.82) is 0 Å². The van der Waals surface area contributed by atoms with Crippen molar-refractivity contribution in [2.24, 2.45) is 0 Å². The maximum atomic E-state index is 4.31. The van der Waals surface area contributed by atoms with E-state index < -0.39 is 0 Å². The molecule has 0 aliphatic rings. The third-order valence-corrected chi connectivity index (χ3v) is 4.19. The highest BCUT2D eigenvalue weighted by molar-refractivity contribution is 7.16. The van der Waals surface area contributed by atoms with E-state index in [1.54, 1.807) is 17.7 Å². The maximum absolute atomic E-state index is 4.31. The van der Waals surface area contributed by atoms with Crippen molar-refractivity contribution in [2.75, 3.05) is 25.5 Å². The molecule has 0 bridgehead atoms. The predicted octanol–water partition coefficient (Wildman–Crippen LogP) is 3.22. The summed E-state index contributed by atoms with van der Waals surface area (Å²) in [5, 5.41) is 6.60. The number of fused-ring (bicyclic) bond motifs is 1. The lowest BCUT2D eigenvalue weighted by Crippen LogP contribution is -2.27. The van der Waals surface area contributed by atoms with Gasteiger partial charge in [0.25, 0.3) is 0 Å². The number of unbranched alkanes of at least 4 members (excludes halogenated alkanes) is 1. The lowest BCUT2D eigenvalue weighted by atomic mass is 10.2. The van der Waals surface area contributed by atoms with Crippen molar-refractivity contribution >= 4 is 27.4 Å². The zero-order valence-corrected chi connectivity index (χ0v) is 12.7. The molecule has 0 saturated heterocycles. The Labute approximate surface area is 118 Å². The predicted molar refractivity (Wildman–Crippen MR) is 82.9 cm³/mol. The van der Waals surface area contributed by atoms with Gasteiger partial charge in [0, 0.05) is 12.6 Å². The van der Waals surface area contributed by atoms with Crippen LogP contribution in [0.4, 0.5) is 5.82 Å². The van der Waals surface area contributed by atoms with Gasteiger partial charge in [-0.1, -0.05) is 0 Å². The Morgan fingerprint density at radius 1 is 1.32 bits per heavy atom. The molecule has 19 heavy (non-hydrogen) atoms. The van der Waals surface area contributed by atoms with Crippen LogP contribution in [0.1, 0.15) is 26.7 Å². The van der Waals surface area contributed by atoms with E-state index in [1.807, 2.05) is 0 Å². The number of anilines is 1. The first-order valence-electron chi connectivity index (χ1n) is 6.81. The van der Waals surface area contributed by atoms with Crippen LogP contribution < -0.4 is 5.32 Å². The van der Waals surface area contributed by atoms with Gasteiger partial charge in [-0.15, -0.1) is 11.3 Å². The van der Waals surface area contributed by atoms with E-state index in [4.69, 9.17) is 0 Å². The van der Waals surface area contributed by atoms with Crippen molar-refractivity contribution in [2.45, 2.75) is 32.7 Å². The van der Waals surface area contributed by atoms with E-state index in [1.165, 1.54) is 6.42 Å². The molecule has 0 unspecified atom stereocenters. The minimum absolute atomic E-state index is 0.625. The quantitative estimate of drug-likeness (QED) is 0.790. The molecule has 0 aliphatic carbocycles. The molecular formula is C14H22N4S. The Morgan fingerprint density at radius 3 is 2.95 bits per heavy atom. The molecule has 4 nitrogen and oxygen atoms in total. The van der Waals surface area contributed by atoms with E-state index in [0.717, 1.165) is 35.5 Å². The molecule has 0 radical (unpaired) electrons. The van der Waals surface area contributed by atoms with Gasteiger partial charge in [0.15, 0.2) is 0 Å². The number of nitrogens with zero attached hydrogens (tertiary/aromatic N) is 3. The summed E-state index contributed by atoms with van der Waals surface area (Å²) in [5.41, 5.74) is 0. The van der Waals surface area contributed by atoms with Crippen LogP contribution >= 0.6 is 11.3 Å². The third kappa shape index (κ3) is 3.88. The highest BCUT2D eigenvalue weighted by Gasteiger charge is 2.04. The van der Waals surface area contributed by atoms with Gasteiger partial charge >= 0.3 is 0 Å². The van der Waals surface area contributed by atoms with Gasteiger partial charge in [-0.2, -0.15) is 0 Å². The van der Waals surface area contributed by atoms with E-state index in [0.29, 0.717) is 6.04 Å². The van der Waals surface area contributed by atoms with Crippen LogP contribution in [0.3, 0.4) is 0 Å². The fourth-order valence-electron chi connectivity index (χ4n) is 1.88. The summed E-state index contributed by atoms with van der Waals surface area (Å²) in [4.78, 5) is 12.0. The van der Waals surface area contributed by atoms with Crippen LogP contribution in [-0.4, -0.2) is 41.0 Å². The highest BCUT2D eigenvalue weighted by Crippen LogP contribution is 2.23. The number of nitrogens with one attached hydrogen (secondary N) is 1. The van der Waals surface area contributed by atoms with Gasteiger partial charge < -0.3 is 10.2 Å². The van der Waals surface area contributed by atoms with Crippen LogP contribution in [0, 0.1) is 0 Å². The molecule has 2 heterocycles.